The summed E-state index contributed by atoms with van der Waals surface area (Å²) in [5.74, 6) is 0. The molecule has 0 radical (unpaired) electrons. The molecule has 0 aromatic rings. The lowest BCUT2D eigenvalue weighted by molar-refractivity contribution is 0.198. The van der Waals surface area contributed by atoms with Crippen LogP contribution in [-0.4, -0.2) is 12.6 Å². The highest BCUT2D eigenvalue weighted by atomic mass is 127. The maximum Gasteiger partial charge on any atom is 0.264 e. The second-order valence-corrected chi connectivity index (χ2v) is 2.73. The Bertz CT molecular complexity index is 199. The molecule has 0 saturated carbocycles. The molecule has 0 spiro atoms. The van der Waals surface area contributed by atoms with Gasteiger partial charge in [0.05, 0.1) is 0 Å². The Morgan fingerprint density at radius 2 is 2.18 bits per heavy atom. The van der Waals surface area contributed by atoms with Crippen molar-refractivity contribution in [3.63, 3.8) is 0 Å². The third-order valence-electron chi connectivity index (χ3n) is 0.772. The van der Waals surface area contributed by atoms with Crippen LogP contribution in [0.25, 0.3) is 0 Å². The minimum absolute atomic E-state index is 0.319. The summed E-state index contributed by atoms with van der Waals surface area (Å²) in [5.41, 5.74) is 4.72. The molecule has 2 N–H and O–H groups in total. The molecule has 0 aliphatic rings. The van der Waals surface area contributed by atoms with Crippen LogP contribution in [0.2, 0.25) is 0 Å². The predicted molar refractivity (Wildman–Crippen MR) is 49.9 cm³/mol. The van der Waals surface area contributed by atoms with Crippen LogP contribution >= 0.6 is 22.6 Å². The summed E-state index contributed by atoms with van der Waals surface area (Å²) < 4.78 is 23.9. The number of hydrogen-bond donors (Lipinski definition) is 1. The van der Waals surface area contributed by atoms with E-state index in [0.717, 1.165) is 6.21 Å². The van der Waals surface area contributed by atoms with Gasteiger partial charge < -0.3 is 5.73 Å². The van der Waals surface area contributed by atoms with E-state index in [-0.39, 0.29) is 5.57 Å². The highest BCUT2D eigenvalue weighted by molar-refractivity contribution is 14.1. The molecule has 0 heterocycles. The second kappa shape index (κ2) is 5.22. The first-order chi connectivity index (χ1) is 5.07. The van der Waals surface area contributed by atoms with Gasteiger partial charge in [-0.25, -0.2) is 13.8 Å². The van der Waals surface area contributed by atoms with E-state index in [2.05, 4.69) is 11.6 Å². The van der Waals surface area contributed by atoms with Gasteiger partial charge in [-0.05, 0) is 22.6 Å². The number of allylic oxidation sites excluding steroid dienone is 1. The Kier molecular flexibility index (Phi) is 5.01. The minimum atomic E-state index is -2.55. The van der Waals surface area contributed by atoms with E-state index in [1.807, 2.05) is 22.6 Å². The molecule has 0 aromatic heterocycles. The summed E-state index contributed by atoms with van der Waals surface area (Å²) in [4.78, 5) is 3.58. The van der Waals surface area contributed by atoms with Crippen molar-refractivity contribution in [2.75, 3.05) is 0 Å². The summed E-state index contributed by atoms with van der Waals surface area (Å²) in [6.45, 7) is 3.09. The first-order valence-electron chi connectivity index (χ1n) is 2.66. The molecular weight excluding hydrogens is 265 g/mol. The van der Waals surface area contributed by atoms with Crippen LogP contribution in [-0.2, 0) is 0 Å². The van der Waals surface area contributed by atoms with Gasteiger partial charge in [0.25, 0.3) is 6.43 Å². The first kappa shape index (κ1) is 10.5. The monoisotopic (exact) mass is 272 g/mol. The number of rotatable bonds is 3. The van der Waals surface area contributed by atoms with Crippen LogP contribution in [0, 0.1) is 0 Å². The number of aliphatic imine (C=N–C) groups is 1. The molecule has 5 heteroatoms. The molecule has 0 unspecified atom stereocenters. The zero-order valence-corrected chi connectivity index (χ0v) is 7.76. The summed E-state index contributed by atoms with van der Waals surface area (Å²) in [7, 11) is 0. The third kappa shape index (κ3) is 4.88. The van der Waals surface area contributed by atoms with Crippen molar-refractivity contribution in [1.29, 1.82) is 0 Å². The predicted octanol–water partition coefficient (Wildman–Crippen LogP) is 2.07. The lowest BCUT2D eigenvalue weighted by Gasteiger charge is -1.93. The Hall–Kier alpha value is -0.460. The third-order valence-corrected chi connectivity index (χ3v) is 1.41. The Morgan fingerprint density at radius 1 is 1.64 bits per heavy atom. The van der Waals surface area contributed by atoms with E-state index >= 15 is 0 Å². The molecule has 0 aliphatic heterocycles. The molecule has 62 valence electrons. The van der Waals surface area contributed by atoms with E-state index < -0.39 is 6.43 Å². The van der Waals surface area contributed by atoms with Crippen molar-refractivity contribution in [2.24, 2.45) is 10.7 Å². The fraction of sp³-hybridized carbons (Fsp3) is 0.167. The van der Waals surface area contributed by atoms with E-state index in [9.17, 15) is 8.78 Å². The lowest BCUT2D eigenvalue weighted by atomic mass is 10.3. The van der Waals surface area contributed by atoms with Gasteiger partial charge in [-0.3, -0.25) is 0 Å². The van der Waals surface area contributed by atoms with Gasteiger partial charge in [0.15, 0.2) is 0 Å². The summed E-state index contributed by atoms with van der Waals surface area (Å²) in [5, 5.41) is 0. The molecule has 0 aliphatic carbocycles. The Labute approximate surface area is 77.0 Å². The second-order valence-electron chi connectivity index (χ2n) is 1.62. The Morgan fingerprint density at radius 3 is 2.55 bits per heavy atom. The van der Waals surface area contributed by atoms with Gasteiger partial charge in [-0.2, -0.15) is 0 Å². The van der Waals surface area contributed by atoms with E-state index in [0.29, 0.717) is 3.70 Å². The number of nitrogens with two attached hydrogens (primary N) is 1. The van der Waals surface area contributed by atoms with Crippen LogP contribution in [0.3, 0.4) is 0 Å². The molecule has 0 fully saturated rings. The normalized spacial score (nSPS) is 12.9. The van der Waals surface area contributed by atoms with Gasteiger partial charge in [0, 0.05) is 18.0 Å². The van der Waals surface area contributed by atoms with Crippen molar-refractivity contribution >= 4 is 28.8 Å². The van der Waals surface area contributed by atoms with Crippen molar-refractivity contribution < 1.29 is 8.78 Å². The highest BCUT2D eigenvalue weighted by Crippen LogP contribution is 2.07. The molecule has 0 atom stereocenters. The van der Waals surface area contributed by atoms with E-state index in [1.54, 1.807) is 0 Å². The largest absolute Gasteiger partial charge is 0.402 e. The summed E-state index contributed by atoms with van der Waals surface area (Å²) >= 11 is 1.81. The minimum Gasteiger partial charge on any atom is -0.402 e. The van der Waals surface area contributed by atoms with Crippen LogP contribution < -0.4 is 5.73 Å². The van der Waals surface area contributed by atoms with Crippen LogP contribution in [0.4, 0.5) is 8.78 Å². The molecule has 2 nitrogen and oxygen atoms in total. The van der Waals surface area contributed by atoms with Gasteiger partial charge >= 0.3 is 0 Å². The zero-order valence-electron chi connectivity index (χ0n) is 5.60. The number of nitrogens with zero attached hydrogens (tertiary/aromatic N) is 1. The van der Waals surface area contributed by atoms with Gasteiger partial charge in [0.2, 0.25) is 0 Å². The van der Waals surface area contributed by atoms with E-state index in [1.165, 1.54) is 6.20 Å². The van der Waals surface area contributed by atoms with E-state index in [4.69, 9.17) is 5.73 Å². The standard InChI is InChI=1S/C6H7F2IN2/c1-4(6(7)8)3-11-5(9)2-10/h2-3,6H,1,10H2/b5-2-,11-3?. The summed E-state index contributed by atoms with van der Waals surface area (Å²) in [6, 6.07) is 0. The topological polar surface area (TPSA) is 38.4 Å². The Balaban J connectivity index is 4.04. The molecule has 0 amide bonds. The lowest BCUT2D eigenvalue weighted by Crippen LogP contribution is -1.95. The quantitative estimate of drug-likeness (QED) is 0.476. The molecule has 0 bridgehead atoms. The van der Waals surface area contributed by atoms with Crippen molar-refractivity contribution in [2.45, 2.75) is 6.43 Å². The average Bonchev–Trinajstić information content (AvgIpc) is 1.99. The average molecular weight is 272 g/mol. The molecule has 11 heavy (non-hydrogen) atoms. The van der Waals surface area contributed by atoms with Gasteiger partial charge in [-0.1, -0.05) is 6.58 Å². The molecule has 0 aromatic carbocycles. The number of halogens is 3. The van der Waals surface area contributed by atoms with Gasteiger partial charge in [0.1, 0.15) is 3.70 Å². The number of hydrogen-bond acceptors (Lipinski definition) is 2. The maximum absolute atomic E-state index is 11.7. The van der Waals surface area contributed by atoms with Crippen LogP contribution in [0.15, 0.2) is 27.0 Å². The molecule has 0 saturated heterocycles. The smallest absolute Gasteiger partial charge is 0.264 e. The van der Waals surface area contributed by atoms with Crippen LogP contribution in [0.1, 0.15) is 0 Å². The first-order valence-corrected chi connectivity index (χ1v) is 3.74. The number of alkyl halides is 2. The van der Waals surface area contributed by atoms with Crippen molar-refractivity contribution in [3.8, 4) is 0 Å². The SMILES string of the molecule is C=C(C=N/C(I)=C\N)C(F)F. The maximum atomic E-state index is 11.7. The van der Waals surface area contributed by atoms with Gasteiger partial charge in [-0.15, -0.1) is 0 Å². The van der Waals surface area contributed by atoms with Crippen molar-refractivity contribution in [1.82, 2.24) is 0 Å². The molecule has 0 rings (SSSR count). The molecular formula is C6H7F2IN2. The summed E-state index contributed by atoms with van der Waals surface area (Å²) in [6.07, 6.45) is -0.341. The fourth-order valence-corrected chi connectivity index (χ4v) is 0.383. The zero-order chi connectivity index (χ0) is 8.85. The van der Waals surface area contributed by atoms with Crippen molar-refractivity contribution in [3.05, 3.63) is 22.1 Å². The highest BCUT2D eigenvalue weighted by Gasteiger charge is 2.03. The fourth-order valence-electron chi connectivity index (χ4n) is 0.244. The van der Waals surface area contributed by atoms with Crippen LogP contribution in [0.5, 0.6) is 0 Å².